The fraction of sp³-hybridized carbons (Fsp3) is 1.00. The Balaban J connectivity index is 2.40. The Morgan fingerprint density at radius 3 is 2.18 bits per heavy atom. The molecule has 0 aliphatic heterocycles. The molecule has 2 bridgehead atoms. The highest BCUT2D eigenvalue weighted by molar-refractivity contribution is 5.18. The summed E-state index contributed by atoms with van der Waals surface area (Å²) in [5, 5.41) is 0. The van der Waals surface area contributed by atoms with Crippen molar-refractivity contribution in [3.05, 3.63) is 0 Å². The Morgan fingerprint density at radius 1 is 1.36 bits per heavy atom. The molecule has 0 spiro atoms. The maximum atomic E-state index is 6.30. The first-order chi connectivity index (χ1) is 4.98. The van der Waals surface area contributed by atoms with Crippen LogP contribution in [0.25, 0.3) is 0 Å². The molecule has 2 aliphatic rings. The van der Waals surface area contributed by atoms with Gasteiger partial charge >= 0.3 is 0 Å². The van der Waals surface area contributed by atoms with Crippen LogP contribution in [0, 0.1) is 11.3 Å². The van der Waals surface area contributed by atoms with Crippen molar-refractivity contribution in [2.24, 2.45) is 22.8 Å². The minimum atomic E-state index is -0.0579. The summed E-state index contributed by atoms with van der Waals surface area (Å²) in [6.45, 7) is 4.55. The highest BCUT2D eigenvalue weighted by atomic mass is 14.9. The highest BCUT2D eigenvalue weighted by Crippen LogP contribution is 2.58. The molecule has 0 unspecified atom stereocenters. The third kappa shape index (κ3) is 0.651. The van der Waals surface area contributed by atoms with Crippen molar-refractivity contribution in [1.29, 1.82) is 0 Å². The van der Waals surface area contributed by atoms with Crippen molar-refractivity contribution in [2.75, 3.05) is 0 Å². The molecular formula is C9H18N2. The average molecular weight is 154 g/mol. The van der Waals surface area contributed by atoms with Gasteiger partial charge in [-0.15, -0.1) is 0 Å². The molecule has 0 aromatic rings. The first-order valence-corrected chi connectivity index (χ1v) is 4.53. The second-order valence-corrected chi connectivity index (χ2v) is 4.84. The lowest BCUT2D eigenvalue weighted by Gasteiger charge is -2.37. The molecule has 2 saturated carbocycles. The van der Waals surface area contributed by atoms with E-state index in [0.717, 1.165) is 18.8 Å². The summed E-state index contributed by atoms with van der Waals surface area (Å²) in [7, 11) is 0. The Kier molecular flexibility index (Phi) is 1.24. The Hall–Kier alpha value is -0.0800. The van der Waals surface area contributed by atoms with Gasteiger partial charge in [0.05, 0.1) is 0 Å². The van der Waals surface area contributed by atoms with Crippen LogP contribution < -0.4 is 11.5 Å². The molecule has 2 heteroatoms. The number of nitrogens with two attached hydrogens (primary N) is 2. The molecule has 64 valence electrons. The zero-order valence-electron chi connectivity index (χ0n) is 7.43. The standard InChI is InChI=1S/C9H18N2/c1-8(2)6-3-4-9(8,11)7(10)5-6/h6-7H,3-5,10-11H2,1-2H3/t6-,7-,9+/m0/s1. The van der Waals surface area contributed by atoms with Gasteiger partial charge in [-0.25, -0.2) is 0 Å². The maximum absolute atomic E-state index is 6.30. The molecule has 4 N–H and O–H groups in total. The predicted molar refractivity (Wildman–Crippen MR) is 46.0 cm³/mol. The van der Waals surface area contributed by atoms with Crippen molar-refractivity contribution in [3.63, 3.8) is 0 Å². The van der Waals surface area contributed by atoms with E-state index in [-0.39, 0.29) is 17.0 Å². The highest BCUT2D eigenvalue weighted by Gasteiger charge is 2.60. The summed E-state index contributed by atoms with van der Waals surface area (Å²) >= 11 is 0. The van der Waals surface area contributed by atoms with E-state index in [1.165, 1.54) is 6.42 Å². The van der Waals surface area contributed by atoms with E-state index in [2.05, 4.69) is 13.8 Å². The number of hydrogen-bond donors (Lipinski definition) is 2. The SMILES string of the molecule is CC1(C)[C@H]2CC[C@@]1(N)[C@@H](N)C2. The summed E-state index contributed by atoms with van der Waals surface area (Å²) in [6.07, 6.45) is 3.56. The lowest BCUT2D eigenvalue weighted by molar-refractivity contribution is 0.209. The largest absolute Gasteiger partial charge is 0.326 e. The lowest BCUT2D eigenvalue weighted by atomic mass is 9.76. The second-order valence-electron chi connectivity index (χ2n) is 4.84. The van der Waals surface area contributed by atoms with Gasteiger partial charge in [0.2, 0.25) is 0 Å². The van der Waals surface area contributed by atoms with Crippen molar-refractivity contribution in [2.45, 2.75) is 44.7 Å². The van der Waals surface area contributed by atoms with E-state index in [1.807, 2.05) is 0 Å². The van der Waals surface area contributed by atoms with Gasteiger partial charge < -0.3 is 11.5 Å². The predicted octanol–water partition coefficient (Wildman–Crippen LogP) is 0.851. The van der Waals surface area contributed by atoms with Crippen molar-refractivity contribution in [1.82, 2.24) is 0 Å². The van der Waals surface area contributed by atoms with Gasteiger partial charge in [-0.05, 0) is 30.6 Å². The monoisotopic (exact) mass is 154 g/mol. The van der Waals surface area contributed by atoms with Gasteiger partial charge in [0.15, 0.2) is 0 Å². The van der Waals surface area contributed by atoms with Crippen LogP contribution in [0.5, 0.6) is 0 Å². The first kappa shape index (κ1) is 7.56. The quantitative estimate of drug-likeness (QED) is 0.543. The molecule has 2 nitrogen and oxygen atoms in total. The van der Waals surface area contributed by atoms with Crippen LogP contribution in [0.1, 0.15) is 33.1 Å². The molecular weight excluding hydrogens is 136 g/mol. The normalized spacial score (nSPS) is 53.5. The van der Waals surface area contributed by atoms with E-state index in [1.54, 1.807) is 0 Å². The molecule has 11 heavy (non-hydrogen) atoms. The van der Waals surface area contributed by atoms with Gasteiger partial charge in [-0.1, -0.05) is 13.8 Å². The second kappa shape index (κ2) is 1.80. The number of fused-ring (bicyclic) bond motifs is 2. The lowest BCUT2D eigenvalue weighted by Crippen LogP contribution is -2.57. The van der Waals surface area contributed by atoms with E-state index >= 15 is 0 Å². The van der Waals surface area contributed by atoms with Gasteiger partial charge in [-0.3, -0.25) is 0 Å². The van der Waals surface area contributed by atoms with Gasteiger partial charge in [0, 0.05) is 11.6 Å². The van der Waals surface area contributed by atoms with Crippen LogP contribution in [0.2, 0.25) is 0 Å². The van der Waals surface area contributed by atoms with E-state index < -0.39 is 0 Å². The third-order valence-corrected chi connectivity index (χ3v) is 4.33. The molecule has 3 atom stereocenters. The number of hydrogen-bond acceptors (Lipinski definition) is 2. The third-order valence-electron chi connectivity index (χ3n) is 4.33. The molecule has 0 heterocycles. The Labute approximate surface area is 68.3 Å². The molecule has 0 saturated heterocycles. The molecule has 2 aliphatic carbocycles. The maximum Gasteiger partial charge on any atom is 0.0362 e. The summed E-state index contributed by atoms with van der Waals surface area (Å²) in [6, 6.07) is 0.247. The average Bonchev–Trinajstić information content (AvgIpc) is 2.20. The summed E-state index contributed by atoms with van der Waals surface area (Å²) in [4.78, 5) is 0. The Bertz CT molecular complexity index is 188. The minimum Gasteiger partial charge on any atom is -0.326 e. The summed E-state index contributed by atoms with van der Waals surface area (Å²) in [5.41, 5.74) is 12.5. The van der Waals surface area contributed by atoms with Crippen LogP contribution in [0.4, 0.5) is 0 Å². The molecule has 0 radical (unpaired) electrons. The molecule has 2 fully saturated rings. The molecule has 0 aromatic carbocycles. The van der Waals surface area contributed by atoms with Gasteiger partial charge in [0.25, 0.3) is 0 Å². The zero-order chi connectivity index (χ0) is 8.28. The van der Waals surface area contributed by atoms with Gasteiger partial charge in [-0.2, -0.15) is 0 Å². The minimum absolute atomic E-state index is 0.0579. The smallest absolute Gasteiger partial charge is 0.0362 e. The van der Waals surface area contributed by atoms with E-state index in [9.17, 15) is 0 Å². The fourth-order valence-corrected chi connectivity index (χ4v) is 3.07. The van der Waals surface area contributed by atoms with Crippen LogP contribution in [-0.4, -0.2) is 11.6 Å². The first-order valence-electron chi connectivity index (χ1n) is 4.53. The van der Waals surface area contributed by atoms with Crippen LogP contribution in [0.15, 0.2) is 0 Å². The topological polar surface area (TPSA) is 52.0 Å². The van der Waals surface area contributed by atoms with Crippen molar-refractivity contribution < 1.29 is 0 Å². The van der Waals surface area contributed by atoms with Crippen LogP contribution in [0.3, 0.4) is 0 Å². The number of rotatable bonds is 0. The Morgan fingerprint density at radius 2 is 2.00 bits per heavy atom. The summed E-state index contributed by atoms with van der Waals surface area (Å²) < 4.78 is 0. The van der Waals surface area contributed by atoms with E-state index in [0.29, 0.717) is 0 Å². The molecule has 0 aromatic heterocycles. The van der Waals surface area contributed by atoms with Crippen molar-refractivity contribution >= 4 is 0 Å². The van der Waals surface area contributed by atoms with Crippen LogP contribution >= 0.6 is 0 Å². The van der Waals surface area contributed by atoms with Crippen molar-refractivity contribution in [3.8, 4) is 0 Å². The van der Waals surface area contributed by atoms with Gasteiger partial charge in [0.1, 0.15) is 0 Å². The zero-order valence-corrected chi connectivity index (χ0v) is 7.43. The van der Waals surface area contributed by atoms with E-state index in [4.69, 9.17) is 11.5 Å². The molecule has 0 amide bonds. The van der Waals surface area contributed by atoms with Crippen LogP contribution in [-0.2, 0) is 0 Å². The fourth-order valence-electron chi connectivity index (χ4n) is 3.07. The summed E-state index contributed by atoms with van der Waals surface area (Å²) in [5.74, 6) is 0.780. The molecule has 2 rings (SSSR count).